The summed E-state index contributed by atoms with van der Waals surface area (Å²) in [4.78, 5) is 23.4. The lowest BCUT2D eigenvalue weighted by Crippen LogP contribution is -2.16. The van der Waals surface area contributed by atoms with E-state index in [2.05, 4.69) is 5.32 Å². The molecule has 5 heteroatoms. The highest BCUT2D eigenvalue weighted by Gasteiger charge is 2.05. The molecule has 1 aromatic heterocycles. The molecule has 2 N–H and O–H groups in total. The number of benzene rings is 2. The number of hydrogen-bond acceptors (Lipinski definition) is 3. The van der Waals surface area contributed by atoms with Crippen molar-refractivity contribution in [1.29, 1.82) is 0 Å². The molecule has 120 valence electrons. The molecule has 3 rings (SSSR count). The Hall–Kier alpha value is -3.34. The first-order chi connectivity index (χ1) is 11.5. The predicted molar refractivity (Wildman–Crippen MR) is 93.4 cm³/mol. The number of anilines is 1. The Kier molecular flexibility index (Phi) is 4.16. The summed E-state index contributed by atoms with van der Waals surface area (Å²) in [6.45, 7) is 1.43. The first-order valence-electron chi connectivity index (χ1n) is 7.43. The van der Waals surface area contributed by atoms with Crippen LogP contribution in [0, 0.1) is 0 Å². The van der Waals surface area contributed by atoms with E-state index in [0.717, 1.165) is 11.1 Å². The maximum absolute atomic E-state index is 12.2. The average Bonchev–Trinajstić information content (AvgIpc) is 2.55. The van der Waals surface area contributed by atoms with Crippen LogP contribution in [-0.4, -0.2) is 15.6 Å². The maximum Gasteiger partial charge on any atom is 0.255 e. The van der Waals surface area contributed by atoms with E-state index in [1.54, 1.807) is 54.7 Å². The molecule has 5 nitrogen and oxygen atoms in total. The number of aromatic hydroxyl groups is 1. The molecule has 24 heavy (non-hydrogen) atoms. The van der Waals surface area contributed by atoms with Crippen molar-refractivity contribution in [3.8, 4) is 22.6 Å². The van der Waals surface area contributed by atoms with Crippen LogP contribution < -0.4 is 10.9 Å². The van der Waals surface area contributed by atoms with Gasteiger partial charge in [-0.1, -0.05) is 18.2 Å². The summed E-state index contributed by atoms with van der Waals surface area (Å²) in [5, 5.41) is 12.3. The molecule has 0 aliphatic heterocycles. The number of carbonyl (C=O) groups excluding carboxylic acids is 1. The van der Waals surface area contributed by atoms with Crippen molar-refractivity contribution in [3.05, 3.63) is 77.2 Å². The zero-order valence-corrected chi connectivity index (χ0v) is 13.1. The van der Waals surface area contributed by atoms with E-state index in [-0.39, 0.29) is 17.2 Å². The summed E-state index contributed by atoms with van der Waals surface area (Å²) in [5.74, 6) is -0.00841. The second-order valence-corrected chi connectivity index (χ2v) is 5.41. The molecule has 0 fully saturated rings. The van der Waals surface area contributed by atoms with E-state index < -0.39 is 0 Å². The summed E-state index contributed by atoms with van der Waals surface area (Å²) < 4.78 is 1.50. The normalized spacial score (nSPS) is 10.4. The Morgan fingerprint density at radius 3 is 2.54 bits per heavy atom. The fourth-order valence-corrected chi connectivity index (χ4v) is 2.48. The summed E-state index contributed by atoms with van der Waals surface area (Å²) in [6, 6.07) is 17.1. The van der Waals surface area contributed by atoms with Gasteiger partial charge < -0.3 is 10.4 Å². The van der Waals surface area contributed by atoms with Crippen molar-refractivity contribution >= 4 is 11.6 Å². The van der Waals surface area contributed by atoms with Crippen molar-refractivity contribution in [2.45, 2.75) is 6.92 Å². The third kappa shape index (κ3) is 3.35. The number of nitrogens with zero attached hydrogens (tertiary/aromatic N) is 1. The highest BCUT2D eigenvalue weighted by molar-refractivity contribution is 5.88. The van der Waals surface area contributed by atoms with Gasteiger partial charge in [0.25, 0.3) is 5.56 Å². The zero-order chi connectivity index (χ0) is 17.1. The van der Waals surface area contributed by atoms with Gasteiger partial charge in [0.05, 0.1) is 5.69 Å². The molecule has 0 unspecified atom stereocenters. The number of phenolic OH excluding ortho intramolecular Hbond substituents is 1. The predicted octanol–water partition coefficient (Wildman–Crippen LogP) is 3.17. The molecule has 0 bridgehead atoms. The molecule has 0 radical (unpaired) electrons. The summed E-state index contributed by atoms with van der Waals surface area (Å²) in [7, 11) is 0. The number of phenols is 1. The van der Waals surface area contributed by atoms with Gasteiger partial charge in [-0.3, -0.25) is 14.2 Å². The zero-order valence-electron chi connectivity index (χ0n) is 13.1. The fraction of sp³-hybridized carbons (Fsp3) is 0.0526. The minimum absolute atomic E-state index is 0.165. The highest BCUT2D eigenvalue weighted by Crippen LogP contribution is 2.23. The Morgan fingerprint density at radius 2 is 1.79 bits per heavy atom. The van der Waals surface area contributed by atoms with Crippen molar-refractivity contribution in [3.63, 3.8) is 0 Å². The highest BCUT2D eigenvalue weighted by atomic mass is 16.3. The fourth-order valence-electron chi connectivity index (χ4n) is 2.48. The molecular formula is C19H16N2O3. The van der Waals surface area contributed by atoms with Crippen LogP contribution >= 0.6 is 0 Å². The topological polar surface area (TPSA) is 71.3 Å². The van der Waals surface area contributed by atoms with Crippen LogP contribution in [-0.2, 0) is 4.79 Å². The molecule has 1 heterocycles. The van der Waals surface area contributed by atoms with Crippen molar-refractivity contribution in [2.75, 3.05) is 5.32 Å². The molecule has 0 aliphatic carbocycles. The Labute approximate surface area is 138 Å². The van der Waals surface area contributed by atoms with Gasteiger partial charge in [0.15, 0.2) is 0 Å². The number of carbonyl (C=O) groups is 1. The van der Waals surface area contributed by atoms with Gasteiger partial charge in [-0.25, -0.2) is 0 Å². The number of rotatable bonds is 3. The van der Waals surface area contributed by atoms with E-state index in [1.165, 1.54) is 17.6 Å². The van der Waals surface area contributed by atoms with Crippen LogP contribution in [0.3, 0.4) is 0 Å². The van der Waals surface area contributed by atoms with Gasteiger partial charge in [-0.15, -0.1) is 0 Å². The van der Waals surface area contributed by atoms with E-state index in [9.17, 15) is 14.7 Å². The van der Waals surface area contributed by atoms with Crippen LogP contribution in [0.15, 0.2) is 71.7 Å². The molecule has 2 aromatic carbocycles. The van der Waals surface area contributed by atoms with Gasteiger partial charge in [0, 0.05) is 24.9 Å². The lowest BCUT2D eigenvalue weighted by molar-refractivity contribution is -0.114. The molecule has 0 aliphatic rings. The molecule has 0 saturated heterocycles. The van der Waals surface area contributed by atoms with Crippen LogP contribution in [0.5, 0.6) is 5.75 Å². The Bertz CT molecular complexity index is 961. The third-order valence-electron chi connectivity index (χ3n) is 3.54. The van der Waals surface area contributed by atoms with E-state index >= 15 is 0 Å². The second-order valence-electron chi connectivity index (χ2n) is 5.41. The lowest BCUT2D eigenvalue weighted by atomic mass is 10.1. The first kappa shape index (κ1) is 15.6. The number of nitrogens with one attached hydrogen (secondary N) is 1. The number of pyridine rings is 1. The van der Waals surface area contributed by atoms with E-state index in [4.69, 9.17) is 0 Å². The molecular weight excluding hydrogens is 304 g/mol. The monoisotopic (exact) mass is 320 g/mol. The molecule has 1 amide bonds. The standard InChI is InChI=1S/C19H16N2O3/c1-13(22)20-16-5-3-6-17(11-16)21-12-15(8-9-19(21)24)14-4-2-7-18(23)10-14/h2-12,23H,1H3,(H,20,22). The Morgan fingerprint density at radius 1 is 1.00 bits per heavy atom. The minimum atomic E-state index is -0.182. The van der Waals surface area contributed by atoms with Gasteiger partial charge in [0.2, 0.25) is 5.91 Å². The number of amides is 1. The van der Waals surface area contributed by atoms with Crippen molar-refractivity contribution < 1.29 is 9.90 Å². The van der Waals surface area contributed by atoms with Gasteiger partial charge in [0.1, 0.15) is 5.75 Å². The van der Waals surface area contributed by atoms with Gasteiger partial charge in [-0.2, -0.15) is 0 Å². The molecule has 0 atom stereocenters. The van der Waals surface area contributed by atoms with Crippen molar-refractivity contribution in [1.82, 2.24) is 4.57 Å². The quantitative estimate of drug-likeness (QED) is 0.778. The van der Waals surface area contributed by atoms with E-state index in [1.807, 2.05) is 6.07 Å². The first-order valence-corrected chi connectivity index (χ1v) is 7.43. The minimum Gasteiger partial charge on any atom is -0.508 e. The lowest BCUT2D eigenvalue weighted by Gasteiger charge is -2.10. The van der Waals surface area contributed by atoms with Gasteiger partial charge >= 0.3 is 0 Å². The van der Waals surface area contributed by atoms with Gasteiger partial charge in [-0.05, 0) is 47.5 Å². The molecule has 3 aromatic rings. The Balaban J connectivity index is 2.07. The maximum atomic E-state index is 12.2. The van der Waals surface area contributed by atoms with Crippen LogP contribution in [0.4, 0.5) is 5.69 Å². The summed E-state index contributed by atoms with van der Waals surface area (Å²) in [5.41, 5.74) is 2.69. The number of aromatic nitrogens is 1. The smallest absolute Gasteiger partial charge is 0.255 e. The molecule has 0 spiro atoms. The van der Waals surface area contributed by atoms with E-state index in [0.29, 0.717) is 11.4 Å². The van der Waals surface area contributed by atoms with Crippen LogP contribution in [0.1, 0.15) is 6.92 Å². The average molecular weight is 320 g/mol. The van der Waals surface area contributed by atoms with Crippen LogP contribution in [0.2, 0.25) is 0 Å². The summed E-state index contributed by atoms with van der Waals surface area (Å²) in [6.07, 6.45) is 1.71. The third-order valence-corrected chi connectivity index (χ3v) is 3.54. The SMILES string of the molecule is CC(=O)Nc1cccc(-n2cc(-c3cccc(O)c3)ccc2=O)c1. The second kappa shape index (κ2) is 6.42. The molecule has 0 saturated carbocycles. The van der Waals surface area contributed by atoms with Crippen LogP contribution in [0.25, 0.3) is 16.8 Å². The summed E-state index contributed by atoms with van der Waals surface area (Å²) >= 11 is 0. The van der Waals surface area contributed by atoms with Crippen molar-refractivity contribution in [2.24, 2.45) is 0 Å². The largest absolute Gasteiger partial charge is 0.508 e. The number of hydrogen-bond donors (Lipinski definition) is 2.